The summed E-state index contributed by atoms with van der Waals surface area (Å²) in [7, 11) is -4.56. The summed E-state index contributed by atoms with van der Waals surface area (Å²) in [6.45, 7) is -1.37. The van der Waals surface area contributed by atoms with Gasteiger partial charge in [0.2, 0.25) is 9.84 Å². The summed E-state index contributed by atoms with van der Waals surface area (Å²) in [6.07, 6.45) is 5.97. The molecule has 22 heavy (non-hydrogen) atoms. The van der Waals surface area contributed by atoms with Gasteiger partial charge in [0.05, 0.1) is 5.41 Å². The van der Waals surface area contributed by atoms with Crippen molar-refractivity contribution >= 4 is 45.4 Å². The quantitative estimate of drug-likeness (QED) is 0.578. The first-order valence-corrected chi connectivity index (χ1v) is 9.25. The molecule has 0 aromatic heterocycles. The molecule has 0 atom stereocenters. The van der Waals surface area contributed by atoms with Gasteiger partial charge in [-0.1, -0.05) is 0 Å². The van der Waals surface area contributed by atoms with E-state index in [1.807, 2.05) is 0 Å². The van der Waals surface area contributed by atoms with Gasteiger partial charge in [0.25, 0.3) is 0 Å². The van der Waals surface area contributed by atoms with E-state index in [2.05, 4.69) is 0 Å². The largest absolute Gasteiger partial charge is 0.458 e. The van der Waals surface area contributed by atoms with Crippen LogP contribution in [0.15, 0.2) is 0 Å². The van der Waals surface area contributed by atoms with Gasteiger partial charge in [-0.15, -0.1) is 0 Å². The zero-order valence-corrected chi connectivity index (χ0v) is 15.8. The van der Waals surface area contributed by atoms with Crippen LogP contribution in [-0.4, -0.2) is 62.1 Å². The predicted molar refractivity (Wildman–Crippen MR) is 77.1 cm³/mol. The van der Waals surface area contributed by atoms with E-state index in [-0.39, 0.29) is 29.6 Å². The number of hydrogen-bond donors (Lipinski definition) is 0. The Morgan fingerprint density at radius 3 is 1.91 bits per heavy atom. The molecule has 0 saturated heterocycles. The molecule has 121 valence electrons. The molecule has 4 fully saturated rings. The second kappa shape index (κ2) is 5.97. The Bertz CT molecular complexity index is 526. The molecule has 0 spiro atoms. The van der Waals surface area contributed by atoms with E-state index in [0.29, 0.717) is 43.3 Å². The van der Waals surface area contributed by atoms with Gasteiger partial charge in [0.1, 0.15) is 0 Å². The van der Waals surface area contributed by atoms with Gasteiger partial charge in [-0.3, -0.25) is 4.79 Å². The summed E-state index contributed by atoms with van der Waals surface area (Å²) in [5.41, 5.74) is -0.637. The monoisotopic (exact) mass is 345 g/mol. The van der Waals surface area contributed by atoms with Crippen LogP contribution < -0.4 is 0 Å². The molecule has 0 aliphatic heterocycles. The fourth-order valence-electron chi connectivity index (χ4n) is 4.77. The Balaban J connectivity index is 0.00000176. The van der Waals surface area contributed by atoms with E-state index in [1.165, 1.54) is 0 Å². The Morgan fingerprint density at radius 2 is 1.55 bits per heavy atom. The third-order valence-electron chi connectivity index (χ3n) is 5.39. The maximum atomic E-state index is 13.4. The standard InChI is InChI=1S/C14H20F2O4S.Na/c1-21(18,19)14(15,16)8-20-12(17)13-5-9-2-10(6-13)4-11(3-9)7-13;/h9-11H,2-8H2,1H3;. The fourth-order valence-corrected chi connectivity index (χ4v) is 5.04. The first-order valence-electron chi connectivity index (χ1n) is 7.36. The van der Waals surface area contributed by atoms with Crippen LogP contribution in [0.4, 0.5) is 8.78 Å². The molecule has 0 aromatic carbocycles. The van der Waals surface area contributed by atoms with Crippen molar-refractivity contribution in [2.45, 2.75) is 43.8 Å². The van der Waals surface area contributed by atoms with Crippen molar-refractivity contribution in [1.29, 1.82) is 0 Å². The molecule has 4 aliphatic rings. The number of esters is 1. The maximum absolute atomic E-state index is 13.4. The molecule has 4 saturated carbocycles. The molecular formula is C14H20F2NaO4S. The van der Waals surface area contributed by atoms with Crippen LogP contribution in [-0.2, 0) is 19.4 Å². The number of halogens is 2. The van der Waals surface area contributed by atoms with Crippen LogP contribution in [0.2, 0.25) is 0 Å². The van der Waals surface area contributed by atoms with Crippen LogP contribution in [0.5, 0.6) is 0 Å². The summed E-state index contributed by atoms with van der Waals surface area (Å²) in [4.78, 5) is 12.3. The Labute approximate surface area is 151 Å². The average Bonchev–Trinajstić information content (AvgIpc) is 2.32. The van der Waals surface area contributed by atoms with E-state index >= 15 is 0 Å². The van der Waals surface area contributed by atoms with Crippen LogP contribution in [0.1, 0.15) is 38.5 Å². The Kier molecular flexibility index (Phi) is 5.05. The van der Waals surface area contributed by atoms with Crippen molar-refractivity contribution in [3.05, 3.63) is 0 Å². The molecule has 4 rings (SSSR count). The molecule has 4 aliphatic carbocycles. The van der Waals surface area contributed by atoms with Crippen molar-refractivity contribution in [2.75, 3.05) is 12.9 Å². The smallest absolute Gasteiger partial charge is 0.378 e. The number of carbonyl (C=O) groups is 1. The van der Waals surface area contributed by atoms with Crippen molar-refractivity contribution < 1.29 is 26.7 Å². The summed E-state index contributed by atoms with van der Waals surface area (Å²) < 4.78 is 53.5. The number of alkyl halides is 2. The zero-order chi connectivity index (χ0) is 15.5. The molecule has 4 nitrogen and oxygen atoms in total. The SMILES string of the molecule is CS(=O)(=O)C(F)(F)COC(=O)C12CC3CC(CC(C3)C1)C2.[Na]. The number of sulfone groups is 1. The minimum Gasteiger partial charge on any atom is -0.458 e. The van der Waals surface area contributed by atoms with Crippen molar-refractivity contribution in [1.82, 2.24) is 0 Å². The van der Waals surface area contributed by atoms with E-state index in [0.717, 1.165) is 19.3 Å². The van der Waals surface area contributed by atoms with Gasteiger partial charge < -0.3 is 4.74 Å². The van der Waals surface area contributed by atoms with Crippen LogP contribution >= 0.6 is 0 Å². The fraction of sp³-hybridized carbons (Fsp3) is 0.929. The van der Waals surface area contributed by atoms with Crippen LogP contribution in [0, 0.1) is 23.2 Å². The normalized spacial score (nSPS) is 36.8. The molecule has 0 aromatic rings. The molecule has 0 unspecified atom stereocenters. The van der Waals surface area contributed by atoms with Crippen molar-refractivity contribution in [3.63, 3.8) is 0 Å². The molecule has 0 amide bonds. The topological polar surface area (TPSA) is 60.4 Å². The van der Waals surface area contributed by atoms with Gasteiger partial charge in [-0.25, -0.2) is 8.42 Å². The molecule has 4 bridgehead atoms. The minimum atomic E-state index is -4.56. The van der Waals surface area contributed by atoms with Crippen molar-refractivity contribution in [3.8, 4) is 0 Å². The van der Waals surface area contributed by atoms with Crippen molar-refractivity contribution in [2.24, 2.45) is 23.2 Å². The Hall–Kier alpha value is 0.280. The molecule has 8 heteroatoms. The molecule has 0 heterocycles. The summed E-state index contributed by atoms with van der Waals surface area (Å²) in [6, 6.07) is 0. The average molecular weight is 345 g/mol. The first-order chi connectivity index (χ1) is 9.61. The first kappa shape index (κ1) is 18.6. The second-order valence-corrected chi connectivity index (χ2v) is 9.33. The maximum Gasteiger partial charge on any atom is 0.378 e. The van der Waals surface area contributed by atoms with E-state index in [1.54, 1.807) is 0 Å². The predicted octanol–water partition coefficient (Wildman–Crippen LogP) is 2.00. The second-order valence-electron chi connectivity index (χ2n) is 7.18. The number of rotatable bonds is 4. The van der Waals surface area contributed by atoms with Crippen LogP contribution in [0.3, 0.4) is 0 Å². The summed E-state index contributed by atoms with van der Waals surface area (Å²) in [5.74, 6) is 0.877. The van der Waals surface area contributed by atoms with Crippen LogP contribution in [0.25, 0.3) is 0 Å². The zero-order valence-electron chi connectivity index (χ0n) is 13.0. The number of ether oxygens (including phenoxy) is 1. The van der Waals surface area contributed by atoms with Gasteiger partial charge in [0.15, 0.2) is 6.61 Å². The van der Waals surface area contributed by atoms with Gasteiger partial charge in [-0.2, -0.15) is 8.78 Å². The van der Waals surface area contributed by atoms with E-state index in [4.69, 9.17) is 4.74 Å². The number of hydrogen-bond acceptors (Lipinski definition) is 4. The summed E-state index contributed by atoms with van der Waals surface area (Å²) in [5, 5.41) is -4.01. The molecule has 1 radical (unpaired) electrons. The minimum absolute atomic E-state index is 0. The van der Waals surface area contributed by atoms with E-state index < -0.39 is 33.1 Å². The third-order valence-corrected chi connectivity index (χ3v) is 6.59. The Morgan fingerprint density at radius 1 is 1.14 bits per heavy atom. The van der Waals surface area contributed by atoms with Gasteiger partial charge in [-0.05, 0) is 56.3 Å². The third kappa shape index (κ3) is 3.23. The van der Waals surface area contributed by atoms with Gasteiger partial charge in [0, 0.05) is 35.8 Å². The van der Waals surface area contributed by atoms with E-state index in [9.17, 15) is 22.0 Å². The number of carbonyl (C=O) groups excluding carboxylic acids is 1. The molecule has 0 N–H and O–H groups in total. The molecular weight excluding hydrogens is 325 g/mol. The van der Waals surface area contributed by atoms with Gasteiger partial charge >= 0.3 is 11.2 Å². The summed E-state index contributed by atoms with van der Waals surface area (Å²) >= 11 is 0.